The number of oxazole rings is 1. The molecule has 1 saturated heterocycles. The summed E-state index contributed by atoms with van der Waals surface area (Å²) < 4.78 is 5.86. The molecule has 0 amide bonds. The fourth-order valence-electron chi connectivity index (χ4n) is 3.67. The van der Waals surface area contributed by atoms with Crippen LogP contribution in [0.5, 0.6) is 0 Å². The van der Waals surface area contributed by atoms with Gasteiger partial charge in [-0.05, 0) is 31.7 Å². The van der Waals surface area contributed by atoms with Crippen LogP contribution in [-0.4, -0.2) is 45.0 Å². The van der Waals surface area contributed by atoms with Crippen molar-refractivity contribution in [3.8, 4) is 0 Å². The van der Waals surface area contributed by atoms with Crippen LogP contribution in [0, 0.1) is 0 Å². The molecule has 0 radical (unpaired) electrons. The predicted octanol–water partition coefficient (Wildman–Crippen LogP) is 3.22. The average Bonchev–Trinajstić information content (AvgIpc) is 3.35. The van der Waals surface area contributed by atoms with Crippen LogP contribution in [0.3, 0.4) is 0 Å². The third kappa shape index (κ3) is 3.84. The molecular formula is C19H27N5O. The zero-order valence-corrected chi connectivity index (χ0v) is 15.1. The average molecular weight is 341 g/mol. The number of likely N-dealkylation sites (tertiary alicyclic amines) is 1. The molecule has 3 heterocycles. The van der Waals surface area contributed by atoms with Gasteiger partial charge in [-0.15, -0.1) is 0 Å². The van der Waals surface area contributed by atoms with Gasteiger partial charge in [0.25, 0.3) is 0 Å². The first-order chi connectivity index (χ1) is 12.2. The lowest BCUT2D eigenvalue weighted by atomic mass is 10.0. The predicted molar refractivity (Wildman–Crippen MR) is 96.4 cm³/mol. The minimum Gasteiger partial charge on any atom is -0.444 e. The monoisotopic (exact) mass is 341 g/mol. The van der Waals surface area contributed by atoms with Crippen LogP contribution >= 0.6 is 0 Å². The maximum absolute atomic E-state index is 5.86. The van der Waals surface area contributed by atoms with E-state index in [9.17, 15) is 0 Å². The van der Waals surface area contributed by atoms with E-state index in [-0.39, 0.29) is 0 Å². The van der Waals surface area contributed by atoms with E-state index < -0.39 is 0 Å². The molecule has 6 nitrogen and oxygen atoms in total. The lowest BCUT2D eigenvalue weighted by Crippen LogP contribution is -2.46. The van der Waals surface area contributed by atoms with Crippen molar-refractivity contribution < 1.29 is 4.42 Å². The van der Waals surface area contributed by atoms with Crippen molar-refractivity contribution in [3.63, 3.8) is 0 Å². The Morgan fingerprint density at radius 1 is 1.16 bits per heavy atom. The van der Waals surface area contributed by atoms with Crippen LogP contribution in [0.15, 0.2) is 29.2 Å². The highest BCUT2D eigenvalue weighted by atomic mass is 16.4. The second kappa shape index (κ2) is 7.12. The summed E-state index contributed by atoms with van der Waals surface area (Å²) in [6.07, 6.45) is 10.3. The number of aromatic nitrogens is 3. The van der Waals surface area contributed by atoms with E-state index in [0.717, 1.165) is 49.9 Å². The molecule has 2 aromatic heterocycles. The first-order valence-electron chi connectivity index (χ1n) is 9.42. The first-order valence-corrected chi connectivity index (χ1v) is 9.42. The third-order valence-electron chi connectivity index (χ3n) is 5.22. The molecule has 4 rings (SSSR count). The van der Waals surface area contributed by atoms with Gasteiger partial charge >= 0.3 is 0 Å². The van der Waals surface area contributed by atoms with Crippen LogP contribution in [-0.2, 0) is 6.54 Å². The molecule has 2 fully saturated rings. The summed E-state index contributed by atoms with van der Waals surface area (Å²) >= 11 is 0. The zero-order chi connectivity index (χ0) is 17.2. The van der Waals surface area contributed by atoms with Gasteiger partial charge in [-0.1, -0.05) is 13.8 Å². The Kier molecular flexibility index (Phi) is 4.70. The largest absolute Gasteiger partial charge is 0.444 e. The van der Waals surface area contributed by atoms with Gasteiger partial charge in [0.15, 0.2) is 0 Å². The Hall–Kier alpha value is -1.95. The van der Waals surface area contributed by atoms with Gasteiger partial charge in [0.2, 0.25) is 5.89 Å². The van der Waals surface area contributed by atoms with Crippen molar-refractivity contribution in [2.45, 2.75) is 64.1 Å². The number of hydrogen-bond acceptors (Lipinski definition) is 6. The number of anilines is 1. The number of rotatable bonds is 6. The number of nitrogens with zero attached hydrogens (tertiary/aromatic N) is 5. The quantitative estimate of drug-likeness (QED) is 0.804. The molecule has 0 unspecified atom stereocenters. The Bertz CT molecular complexity index is 674. The molecule has 1 aliphatic carbocycles. The number of hydrogen-bond donors (Lipinski definition) is 0. The highest BCUT2D eigenvalue weighted by Gasteiger charge is 2.36. The van der Waals surface area contributed by atoms with Crippen molar-refractivity contribution in [1.29, 1.82) is 0 Å². The highest BCUT2D eigenvalue weighted by molar-refractivity contribution is 5.41. The van der Waals surface area contributed by atoms with Gasteiger partial charge in [-0.25, -0.2) is 15.0 Å². The minimum absolute atomic E-state index is 0.395. The second-order valence-corrected chi connectivity index (χ2v) is 7.52. The fourth-order valence-corrected chi connectivity index (χ4v) is 3.67. The summed E-state index contributed by atoms with van der Waals surface area (Å²) in [6.45, 7) is 7.25. The van der Waals surface area contributed by atoms with E-state index in [1.807, 2.05) is 18.5 Å². The lowest BCUT2D eigenvalue weighted by Gasteiger charge is -2.39. The summed E-state index contributed by atoms with van der Waals surface area (Å²) in [6, 6.07) is 3.30. The summed E-state index contributed by atoms with van der Waals surface area (Å²) in [5.74, 6) is 3.31. The minimum atomic E-state index is 0.395. The van der Waals surface area contributed by atoms with Crippen molar-refractivity contribution >= 4 is 5.82 Å². The van der Waals surface area contributed by atoms with Crippen LogP contribution in [0.4, 0.5) is 5.82 Å². The summed E-state index contributed by atoms with van der Waals surface area (Å²) in [7, 11) is 0. The summed E-state index contributed by atoms with van der Waals surface area (Å²) in [5, 5.41) is 0. The van der Waals surface area contributed by atoms with E-state index >= 15 is 0 Å². The highest BCUT2D eigenvalue weighted by Crippen LogP contribution is 2.35. The van der Waals surface area contributed by atoms with E-state index in [1.54, 1.807) is 6.33 Å². The smallest absolute Gasteiger partial charge is 0.208 e. The van der Waals surface area contributed by atoms with Gasteiger partial charge in [0.1, 0.15) is 17.9 Å². The van der Waals surface area contributed by atoms with E-state index in [2.05, 4.69) is 38.6 Å². The molecule has 2 aliphatic rings. The Labute approximate surface area is 149 Å². The van der Waals surface area contributed by atoms with Crippen molar-refractivity contribution in [1.82, 2.24) is 19.9 Å². The van der Waals surface area contributed by atoms with Gasteiger partial charge in [-0.2, -0.15) is 0 Å². The molecule has 0 aromatic carbocycles. The summed E-state index contributed by atoms with van der Waals surface area (Å²) in [5.41, 5.74) is 0. The SMILES string of the molecule is CC(C)c1cnc(CN2CCC(N(c3ccncn3)C3CC3)CC2)o1. The molecular weight excluding hydrogens is 314 g/mol. The molecule has 0 spiro atoms. The standard InChI is InChI=1S/C19H27N5O/c1-14(2)17-11-21-19(25-17)12-23-9-6-16(7-10-23)24(15-3-4-15)18-5-8-20-13-22-18/h5,8,11,13-16H,3-4,6-7,9-10,12H2,1-2H3. The Balaban J connectivity index is 1.35. The second-order valence-electron chi connectivity index (χ2n) is 7.52. The summed E-state index contributed by atoms with van der Waals surface area (Å²) in [4.78, 5) is 18.0. The fraction of sp³-hybridized carbons (Fsp3) is 0.632. The molecule has 0 N–H and O–H groups in total. The molecule has 0 bridgehead atoms. The topological polar surface area (TPSA) is 58.3 Å². The van der Waals surface area contributed by atoms with Crippen molar-refractivity contribution in [2.24, 2.45) is 0 Å². The molecule has 2 aromatic rings. The van der Waals surface area contributed by atoms with Crippen LogP contribution in [0.25, 0.3) is 0 Å². The van der Waals surface area contributed by atoms with Gasteiger partial charge in [0.05, 0.1) is 12.7 Å². The third-order valence-corrected chi connectivity index (χ3v) is 5.22. The normalized spacial score (nSPS) is 19.5. The molecule has 25 heavy (non-hydrogen) atoms. The first kappa shape index (κ1) is 16.5. The van der Waals surface area contributed by atoms with Crippen LogP contribution < -0.4 is 4.90 Å². The van der Waals surface area contributed by atoms with E-state index in [0.29, 0.717) is 18.0 Å². The number of piperidine rings is 1. The van der Waals surface area contributed by atoms with Crippen LogP contribution in [0.1, 0.15) is 57.1 Å². The van der Waals surface area contributed by atoms with Gasteiger partial charge < -0.3 is 9.32 Å². The van der Waals surface area contributed by atoms with Gasteiger partial charge in [-0.3, -0.25) is 4.90 Å². The van der Waals surface area contributed by atoms with Crippen molar-refractivity contribution in [3.05, 3.63) is 36.4 Å². The van der Waals surface area contributed by atoms with Gasteiger partial charge in [0, 0.05) is 37.3 Å². The zero-order valence-electron chi connectivity index (χ0n) is 15.1. The van der Waals surface area contributed by atoms with Crippen molar-refractivity contribution in [2.75, 3.05) is 18.0 Å². The Morgan fingerprint density at radius 3 is 2.52 bits per heavy atom. The lowest BCUT2D eigenvalue weighted by molar-refractivity contribution is 0.183. The molecule has 6 heteroatoms. The maximum atomic E-state index is 5.86. The Morgan fingerprint density at radius 2 is 1.92 bits per heavy atom. The molecule has 1 saturated carbocycles. The van der Waals surface area contributed by atoms with E-state index in [1.165, 1.54) is 12.8 Å². The van der Waals surface area contributed by atoms with E-state index in [4.69, 9.17) is 4.42 Å². The molecule has 134 valence electrons. The maximum Gasteiger partial charge on any atom is 0.208 e. The molecule has 1 aliphatic heterocycles. The molecule has 0 atom stereocenters. The van der Waals surface area contributed by atoms with Crippen LogP contribution in [0.2, 0.25) is 0 Å².